The molecule has 2 saturated carbocycles. The van der Waals surface area contributed by atoms with Gasteiger partial charge < -0.3 is 0 Å². The topological polar surface area (TPSA) is 34.1 Å². The Morgan fingerprint density at radius 3 is 2.71 bits per heavy atom. The van der Waals surface area contributed by atoms with Crippen LogP contribution in [0.4, 0.5) is 0 Å². The first-order valence-electron chi connectivity index (χ1n) is 5.68. The molecule has 2 aliphatic rings. The van der Waals surface area contributed by atoms with E-state index < -0.39 is 0 Å². The molecule has 0 spiro atoms. The van der Waals surface area contributed by atoms with Gasteiger partial charge in [0.15, 0.2) is 0 Å². The Morgan fingerprint density at radius 1 is 1.14 bits per heavy atom. The van der Waals surface area contributed by atoms with E-state index >= 15 is 0 Å². The molecule has 14 heavy (non-hydrogen) atoms. The fraction of sp³-hybridized carbons (Fsp3) is 0.833. The van der Waals surface area contributed by atoms with Gasteiger partial charge in [0.2, 0.25) is 0 Å². The molecule has 0 N–H and O–H groups in total. The van der Waals surface area contributed by atoms with Crippen LogP contribution >= 0.6 is 0 Å². The minimum atomic E-state index is -0.300. The molecule has 0 aliphatic heterocycles. The minimum absolute atomic E-state index is 0.291. The number of ketones is 2. The number of fused-ring (bicyclic) bond motifs is 1. The van der Waals surface area contributed by atoms with Crippen molar-refractivity contribution >= 4 is 11.6 Å². The molecule has 0 saturated heterocycles. The lowest BCUT2D eigenvalue weighted by atomic mass is 9.64. The van der Waals surface area contributed by atoms with Crippen molar-refractivity contribution in [2.75, 3.05) is 0 Å². The van der Waals surface area contributed by atoms with E-state index in [-0.39, 0.29) is 5.41 Å². The largest absolute Gasteiger partial charge is 0.300 e. The molecular weight excluding hydrogens is 176 g/mol. The quantitative estimate of drug-likeness (QED) is 0.593. The summed E-state index contributed by atoms with van der Waals surface area (Å²) in [7, 11) is 0. The van der Waals surface area contributed by atoms with Gasteiger partial charge in [0.05, 0.1) is 0 Å². The first kappa shape index (κ1) is 9.88. The Balaban J connectivity index is 2.26. The lowest BCUT2D eigenvalue weighted by molar-refractivity contribution is -0.139. The summed E-state index contributed by atoms with van der Waals surface area (Å²) in [5.74, 6) is 1.11. The van der Waals surface area contributed by atoms with Crippen molar-refractivity contribution in [3.63, 3.8) is 0 Å². The van der Waals surface area contributed by atoms with Gasteiger partial charge in [-0.2, -0.15) is 0 Å². The van der Waals surface area contributed by atoms with E-state index in [1.54, 1.807) is 0 Å². The molecule has 0 unspecified atom stereocenters. The highest BCUT2D eigenvalue weighted by Gasteiger charge is 2.45. The standard InChI is InChI=1S/C12H18O2/c1-12-8-10(13)7-6-9(12)4-2-3-5-11(12)14/h9H,2-8H2,1H3/t9-,12+/m0/s1. The molecule has 0 aromatic carbocycles. The van der Waals surface area contributed by atoms with Crippen molar-refractivity contribution in [3.05, 3.63) is 0 Å². The van der Waals surface area contributed by atoms with Gasteiger partial charge in [-0.1, -0.05) is 13.3 Å². The van der Waals surface area contributed by atoms with Crippen LogP contribution in [0.15, 0.2) is 0 Å². The summed E-state index contributed by atoms with van der Waals surface area (Å²) in [4.78, 5) is 23.4. The maximum atomic E-state index is 12.0. The van der Waals surface area contributed by atoms with Crippen LogP contribution in [0.1, 0.15) is 51.9 Å². The molecule has 0 aromatic heterocycles. The molecular formula is C12H18O2. The summed E-state index contributed by atoms with van der Waals surface area (Å²) in [5, 5.41) is 0. The van der Waals surface area contributed by atoms with Crippen LogP contribution < -0.4 is 0 Å². The fourth-order valence-electron chi connectivity index (χ4n) is 3.05. The Hall–Kier alpha value is -0.660. The third-order valence-corrected chi connectivity index (χ3v) is 4.08. The molecule has 0 aromatic rings. The van der Waals surface area contributed by atoms with E-state index in [4.69, 9.17) is 0 Å². The summed E-state index contributed by atoms with van der Waals surface area (Å²) in [6.45, 7) is 2.02. The second-order valence-electron chi connectivity index (χ2n) is 5.04. The van der Waals surface area contributed by atoms with Crippen molar-refractivity contribution in [2.24, 2.45) is 11.3 Å². The Bertz CT molecular complexity index is 269. The number of Topliss-reactive ketones (excluding diaryl/α,β-unsaturated/α-hetero) is 2. The van der Waals surface area contributed by atoms with E-state index in [0.29, 0.717) is 36.7 Å². The van der Waals surface area contributed by atoms with Gasteiger partial charge in [-0.25, -0.2) is 0 Å². The van der Waals surface area contributed by atoms with Gasteiger partial charge in [0.1, 0.15) is 11.6 Å². The number of carbonyl (C=O) groups is 2. The van der Waals surface area contributed by atoms with Gasteiger partial charge >= 0.3 is 0 Å². The third kappa shape index (κ3) is 1.51. The first-order chi connectivity index (χ1) is 6.63. The van der Waals surface area contributed by atoms with Crippen LogP contribution in [0.25, 0.3) is 0 Å². The number of hydrogen-bond acceptors (Lipinski definition) is 2. The van der Waals surface area contributed by atoms with Crippen LogP contribution in [0.3, 0.4) is 0 Å². The van der Waals surface area contributed by atoms with Gasteiger partial charge in [-0.3, -0.25) is 9.59 Å². The zero-order valence-electron chi connectivity index (χ0n) is 8.84. The predicted molar refractivity (Wildman–Crippen MR) is 53.9 cm³/mol. The summed E-state index contributed by atoms with van der Waals surface area (Å²) >= 11 is 0. The first-order valence-corrected chi connectivity index (χ1v) is 5.68. The molecule has 0 heterocycles. The summed E-state index contributed by atoms with van der Waals surface area (Å²) in [6.07, 6.45) is 6.19. The number of rotatable bonds is 0. The van der Waals surface area contributed by atoms with E-state index in [2.05, 4.69) is 0 Å². The summed E-state index contributed by atoms with van der Waals surface area (Å²) < 4.78 is 0. The highest BCUT2D eigenvalue weighted by Crippen LogP contribution is 2.45. The van der Waals surface area contributed by atoms with Crippen molar-refractivity contribution in [3.8, 4) is 0 Å². The second kappa shape index (κ2) is 3.48. The van der Waals surface area contributed by atoms with Crippen LogP contribution in [0.5, 0.6) is 0 Å². The third-order valence-electron chi connectivity index (χ3n) is 4.08. The fourth-order valence-corrected chi connectivity index (χ4v) is 3.05. The SMILES string of the molecule is C[C@@]12CC(=O)CC[C@@H]1CCCCC2=O. The van der Waals surface area contributed by atoms with Crippen molar-refractivity contribution in [1.82, 2.24) is 0 Å². The molecule has 78 valence electrons. The van der Waals surface area contributed by atoms with E-state index in [0.717, 1.165) is 19.3 Å². The molecule has 2 atom stereocenters. The van der Waals surface area contributed by atoms with E-state index in [1.165, 1.54) is 6.42 Å². The minimum Gasteiger partial charge on any atom is -0.300 e. The van der Waals surface area contributed by atoms with Crippen molar-refractivity contribution in [1.29, 1.82) is 0 Å². The van der Waals surface area contributed by atoms with Crippen LogP contribution in [0, 0.1) is 11.3 Å². The van der Waals surface area contributed by atoms with Gasteiger partial charge in [-0.15, -0.1) is 0 Å². The van der Waals surface area contributed by atoms with Gasteiger partial charge in [0, 0.05) is 24.7 Å². The van der Waals surface area contributed by atoms with Gasteiger partial charge in [0.25, 0.3) is 0 Å². The molecule has 2 heteroatoms. The molecule has 2 aliphatic carbocycles. The molecule has 2 fully saturated rings. The molecule has 0 amide bonds. The number of hydrogen-bond donors (Lipinski definition) is 0. The average molecular weight is 194 g/mol. The maximum absolute atomic E-state index is 12.0. The Labute approximate surface area is 85.1 Å². The lowest BCUT2D eigenvalue weighted by Crippen LogP contribution is -2.40. The van der Waals surface area contributed by atoms with Crippen molar-refractivity contribution in [2.45, 2.75) is 51.9 Å². The molecule has 2 nitrogen and oxygen atoms in total. The highest BCUT2D eigenvalue weighted by molar-refractivity contribution is 5.92. The smallest absolute Gasteiger partial charge is 0.139 e. The Morgan fingerprint density at radius 2 is 1.93 bits per heavy atom. The molecule has 0 bridgehead atoms. The average Bonchev–Trinajstić information content (AvgIpc) is 2.26. The Kier molecular flexibility index (Phi) is 2.46. The predicted octanol–water partition coefficient (Wildman–Crippen LogP) is 2.51. The van der Waals surface area contributed by atoms with Crippen LogP contribution in [0.2, 0.25) is 0 Å². The van der Waals surface area contributed by atoms with Gasteiger partial charge in [-0.05, 0) is 25.2 Å². The van der Waals surface area contributed by atoms with E-state index in [1.807, 2.05) is 6.92 Å². The molecule has 2 rings (SSSR count). The highest BCUT2D eigenvalue weighted by atomic mass is 16.1. The zero-order chi connectivity index (χ0) is 10.2. The van der Waals surface area contributed by atoms with Crippen LogP contribution in [-0.4, -0.2) is 11.6 Å². The summed E-state index contributed by atoms with van der Waals surface area (Å²) in [5.41, 5.74) is -0.300. The van der Waals surface area contributed by atoms with Crippen molar-refractivity contribution < 1.29 is 9.59 Å². The second-order valence-corrected chi connectivity index (χ2v) is 5.04. The zero-order valence-corrected chi connectivity index (χ0v) is 8.84. The van der Waals surface area contributed by atoms with Crippen LogP contribution in [-0.2, 0) is 9.59 Å². The normalized spacial score (nSPS) is 39.1. The van der Waals surface area contributed by atoms with E-state index in [9.17, 15) is 9.59 Å². The number of carbonyl (C=O) groups excluding carboxylic acids is 2. The maximum Gasteiger partial charge on any atom is 0.139 e. The molecule has 0 radical (unpaired) electrons. The summed E-state index contributed by atoms with van der Waals surface area (Å²) in [6, 6.07) is 0. The monoisotopic (exact) mass is 194 g/mol. The lowest BCUT2D eigenvalue weighted by Gasteiger charge is -2.38.